The molecule has 0 fully saturated rings. The zero-order chi connectivity index (χ0) is 13.5. The molecule has 0 spiro atoms. The predicted molar refractivity (Wildman–Crippen MR) is 78.5 cm³/mol. The minimum absolute atomic E-state index is 0.816. The number of aryl methyl sites for hydroxylation is 1. The maximum atomic E-state index is 4.75. The molecule has 0 saturated carbocycles. The lowest BCUT2D eigenvalue weighted by atomic mass is 10.1. The van der Waals surface area contributed by atoms with Crippen LogP contribution in [0.25, 0.3) is 27.8 Å². The van der Waals surface area contributed by atoms with Gasteiger partial charge in [0.25, 0.3) is 0 Å². The average Bonchev–Trinajstić information content (AvgIpc) is 2.91. The summed E-state index contributed by atoms with van der Waals surface area (Å²) in [4.78, 5) is 4.75. The number of benzene rings is 1. The molecule has 3 heterocycles. The number of nitrogens with zero attached hydrogens (tertiary/aromatic N) is 4. The molecule has 20 heavy (non-hydrogen) atoms. The van der Waals surface area contributed by atoms with E-state index in [1.807, 2.05) is 36.5 Å². The smallest absolute Gasteiger partial charge is 0.139 e. The largest absolute Gasteiger partial charge is 0.246 e. The molecule has 4 rings (SSSR count). The predicted octanol–water partition coefficient (Wildman–Crippen LogP) is 3.25. The first-order valence-corrected chi connectivity index (χ1v) is 6.50. The molecular formula is C16H12N4. The van der Waals surface area contributed by atoms with E-state index in [4.69, 9.17) is 4.98 Å². The Bertz CT molecular complexity index is 924. The fourth-order valence-electron chi connectivity index (χ4n) is 2.45. The summed E-state index contributed by atoms with van der Waals surface area (Å²) in [7, 11) is 0. The number of aromatic nitrogens is 4. The van der Waals surface area contributed by atoms with Crippen LogP contribution in [0.1, 0.15) is 5.56 Å². The SMILES string of the molecule is Cc1cccc2ccc(-c3nnn4ccccc34)nc12. The average molecular weight is 260 g/mol. The first-order valence-electron chi connectivity index (χ1n) is 6.50. The summed E-state index contributed by atoms with van der Waals surface area (Å²) in [5, 5.41) is 9.52. The van der Waals surface area contributed by atoms with E-state index in [1.165, 1.54) is 5.56 Å². The molecule has 0 N–H and O–H groups in total. The second-order valence-corrected chi connectivity index (χ2v) is 4.81. The molecule has 96 valence electrons. The molecule has 0 aliphatic rings. The van der Waals surface area contributed by atoms with Gasteiger partial charge in [0.05, 0.1) is 16.7 Å². The maximum absolute atomic E-state index is 4.75. The van der Waals surface area contributed by atoms with Crippen molar-refractivity contribution in [3.8, 4) is 11.4 Å². The van der Waals surface area contributed by atoms with Gasteiger partial charge in [0.15, 0.2) is 0 Å². The van der Waals surface area contributed by atoms with Crippen LogP contribution in [-0.2, 0) is 0 Å². The molecule has 0 saturated heterocycles. The van der Waals surface area contributed by atoms with Crippen molar-refractivity contribution >= 4 is 16.4 Å². The van der Waals surface area contributed by atoms with Crippen LogP contribution in [0.15, 0.2) is 54.7 Å². The standard InChI is InChI=1S/C16H12N4/c1-11-5-4-6-12-8-9-13(17-15(11)12)16-14-7-2-3-10-20(14)19-18-16/h2-10H,1H3. The van der Waals surface area contributed by atoms with Crippen LogP contribution in [0.2, 0.25) is 0 Å². The third kappa shape index (κ3) is 1.58. The van der Waals surface area contributed by atoms with E-state index < -0.39 is 0 Å². The Morgan fingerprint density at radius 1 is 0.950 bits per heavy atom. The number of rotatable bonds is 1. The Morgan fingerprint density at radius 3 is 2.85 bits per heavy atom. The molecule has 4 aromatic rings. The minimum atomic E-state index is 0.816. The zero-order valence-corrected chi connectivity index (χ0v) is 11.0. The van der Waals surface area contributed by atoms with E-state index in [-0.39, 0.29) is 0 Å². The number of fused-ring (bicyclic) bond motifs is 2. The van der Waals surface area contributed by atoms with Crippen molar-refractivity contribution in [2.45, 2.75) is 6.92 Å². The van der Waals surface area contributed by atoms with Crippen LogP contribution >= 0.6 is 0 Å². The fraction of sp³-hybridized carbons (Fsp3) is 0.0625. The second-order valence-electron chi connectivity index (χ2n) is 4.81. The quantitative estimate of drug-likeness (QED) is 0.527. The van der Waals surface area contributed by atoms with E-state index >= 15 is 0 Å². The molecule has 0 radical (unpaired) electrons. The van der Waals surface area contributed by atoms with E-state index in [0.29, 0.717) is 0 Å². The third-order valence-electron chi connectivity index (χ3n) is 3.49. The highest BCUT2D eigenvalue weighted by Crippen LogP contribution is 2.24. The summed E-state index contributed by atoms with van der Waals surface area (Å²) in [6.07, 6.45) is 1.89. The van der Waals surface area contributed by atoms with Crippen LogP contribution in [0.3, 0.4) is 0 Å². The Kier molecular flexibility index (Phi) is 2.29. The van der Waals surface area contributed by atoms with Crippen molar-refractivity contribution in [3.05, 3.63) is 60.3 Å². The van der Waals surface area contributed by atoms with Crippen LogP contribution in [0.4, 0.5) is 0 Å². The van der Waals surface area contributed by atoms with Gasteiger partial charge in [-0.2, -0.15) is 0 Å². The van der Waals surface area contributed by atoms with Gasteiger partial charge in [-0.3, -0.25) is 0 Å². The summed E-state index contributed by atoms with van der Waals surface area (Å²) < 4.78 is 1.76. The molecule has 1 aromatic carbocycles. The molecule has 4 heteroatoms. The van der Waals surface area contributed by atoms with Gasteiger partial charge < -0.3 is 0 Å². The Balaban J connectivity index is 2.00. The molecule has 4 nitrogen and oxygen atoms in total. The van der Waals surface area contributed by atoms with Crippen molar-refractivity contribution in [2.75, 3.05) is 0 Å². The van der Waals surface area contributed by atoms with Gasteiger partial charge in [0.1, 0.15) is 5.69 Å². The summed E-state index contributed by atoms with van der Waals surface area (Å²) in [5.74, 6) is 0. The maximum Gasteiger partial charge on any atom is 0.139 e. The Hall–Kier alpha value is -2.75. The first kappa shape index (κ1) is 11.1. The highest BCUT2D eigenvalue weighted by atomic mass is 15.4. The molecule has 0 unspecified atom stereocenters. The molecule has 0 aliphatic heterocycles. The van der Waals surface area contributed by atoms with Crippen molar-refractivity contribution in [2.24, 2.45) is 0 Å². The lowest BCUT2D eigenvalue weighted by Gasteiger charge is -2.03. The Labute approximate surface area is 115 Å². The molecule has 0 atom stereocenters. The van der Waals surface area contributed by atoms with Crippen LogP contribution in [0.5, 0.6) is 0 Å². The number of hydrogen-bond acceptors (Lipinski definition) is 3. The van der Waals surface area contributed by atoms with Crippen molar-refractivity contribution in [3.63, 3.8) is 0 Å². The summed E-state index contributed by atoms with van der Waals surface area (Å²) in [5.41, 5.74) is 4.82. The van der Waals surface area contributed by atoms with Crippen molar-refractivity contribution < 1.29 is 0 Å². The van der Waals surface area contributed by atoms with E-state index in [0.717, 1.165) is 27.8 Å². The number of para-hydroxylation sites is 1. The van der Waals surface area contributed by atoms with Gasteiger partial charge in [0.2, 0.25) is 0 Å². The van der Waals surface area contributed by atoms with Crippen LogP contribution < -0.4 is 0 Å². The highest BCUT2D eigenvalue weighted by Gasteiger charge is 2.10. The van der Waals surface area contributed by atoms with E-state index in [2.05, 4.69) is 35.4 Å². The van der Waals surface area contributed by atoms with Crippen molar-refractivity contribution in [1.82, 2.24) is 19.8 Å². The molecule has 3 aromatic heterocycles. The van der Waals surface area contributed by atoms with Gasteiger partial charge in [-0.25, -0.2) is 9.50 Å². The summed E-state index contributed by atoms with van der Waals surface area (Å²) >= 11 is 0. The van der Waals surface area contributed by atoms with Crippen LogP contribution in [0, 0.1) is 6.92 Å². The highest BCUT2D eigenvalue weighted by molar-refractivity contribution is 5.85. The zero-order valence-electron chi connectivity index (χ0n) is 11.0. The van der Waals surface area contributed by atoms with E-state index in [1.54, 1.807) is 4.52 Å². The first-order chi connectivity index (χ1) is 9.83. The minimum Gasteiger partial charge on any atom is -0.246 e. The van der Waals surface area contributed by atoms with E-state index in [9.17, 15) is 0 Å². The molecule has 0 aliphatic carbocycles. The molecule has 0 bridgehead atoms. The summed E-state index contributed by atoms with van der Waals surface area (Å²) in [6, 6.07) is 16.2. The Morgan fingerprint density at radius 2 is 1.90 bits per heavy atom. The van der Waals surface area contributed by atoms with Gasteiger partial charge in [-0.1, -0.05) is 35.5 Å². The fourth-order valence-corrected chi connectivity index (χ4v) is 2.45. The normalized spacial score (nSPS) is 11.2. The van der Waals surface area contributed by atoms with Gasteiger partial charge in [0, 0.05) is 11.6 Å². The van der Waals surface area contributed by atoms with Gasteiger partial charge in [-0.15, -0.1) is 5.10 Å². The number of hydrogen-bond donors (Lipinski definition) is 0. The lowest BCUT2D eigenvalue weighted by molar-refractivity contribution is 0.856. The third-order valence-corrected chi connectivity index (χ3v) is 3.49. The summed E-state index contributed by atoms with van der Waals surface area (Å²) in [6.45, 7) is 2.07. The van der Waals surface area contributed by atoms with Crippen molar-refractivity contribution in [1.29, 1.82) is 0 Å². The molecular weight excluding hydrogens is 248 g/mol. The van der Waals surface area contributed by atoms with Gasteiger partial charge >= 0.3 is 0 Å². The topological polar surface area (TPSA) is 43.1 Å². The molecule has 0 amide bonds. The van der Waals surface area contributed by atoms with Crippen LogP contribution in [-0.4, -0.2) is 19.8 Å². The number of pyridine rings is 2. The van der Waals surface area contributed by atoms with Gasteiger partial charge in [-0.05, 0) is 30.7 Å². The lowest BCUT2D eigenvalue weighted by Crippen LogP contribution is -1.88. The monoisotopic (exact) mass is 260 g/mol. The second kappa shape index (κ2) is 4.13.